The number of hydrogen-bond donors (Lipinski definition) is 2. The van der Waals surface area contributed by atoms with Crippen LogP contribution in [-0.2, 0) is 10.0 Å². The Morgan fingerprint density at radius 3 is 2.53 bits per heavy atom. The first-order valence-electron chi connectivity index (χ1n) is 9.03. The Bertz CT molecular complexity index is 1380. The van der Waals surface area contributed by atoms with E-state index in [4.69, 9.17) is 23.2 Å². The summed E-state index contributed by atoms with van der Waals surface area (Å²) in [6, 6.07) is 17.9. The van der Waals surface area contributed by atoms with Gasteiger partial charge in [-0.1, -0.05) is 59.6 Å². The predicted octanol–water partition coefficient (Wildman–Crippen LogP) is 5.62. The number of halogens is 2. The van der Waals surface area contributed by atoms with Crippen molar-refractivity contribution < 1.29 is 8.42 Å². The van der Waals surface area contributed by atoms with Gasteiger partial charge in [-0.25, -0.2) is 18.1 Å². The number of aromatic nitrogens is 2. The smallest absolute Gasteiger partial charge is 0.240 e. The van der Waals surface area contributed by atoms with Crippen molar-refractivity contribution in [3.05, 3.63) is 82.1 Å². The minimum absolute atomic E-state index is 0.228. The van der Waals surface area contributed by atoms with Crippen LogP contribution >= 0.6 is 23.2 Å². The van der Waals surface area contributed by atoms with Crippen LogP contribution in [-0.4, -0.2) is 25.4 Å². The number of benzene rings is 3. The minimum Gasteiger partial charge on any atom is -0.338 e. The van der Waals surface area contributed by atoms with Crippen LogP contribution in [0.15, 0.2) is 65.6 Å². The molecule has 3 aromatic carbocycles. The minimum atomic E-state index is -3.58. The summed E-state index contributed by atoms with van der Waals surface area (Å²) in [7, 11) is -2.18. The van der Waals surface area contributed by atoms with E-state index in [1.165, 1.54) is 7.05 Å². The van der Waals surface area contributed by atoms with Gasteiger partial charge >= 0.3 is 0 Å². The zero-order valence-electron chi connectivity index (χ0n) is 15.9. The van der Waals surface area contributed by atoms with Crippen molar-refractivity contribution in [3.63, 3.8) is 0 Å². The second kappa shape index (κ2) is 8.24. The van der Waals surface area contributed by atoms with Gasteiger partial charge in [0.15, 0.2) is 0 Å². The quantitative estimate of drug-likeness (QED) is 0.408. The molecule has 0 bridgehead atoms. The van der Waals surface area contributed by atoms with Gasteiger partial charge in [-0.2, -0.15) is 0 Å². The summed E-state index contributed by atoms with van der Waals surface area (Å²) in [6.07, 6.45) is 3.73. The van der Waals surface area contributed by atoms with Crippen molar-refractivity contribution in [1.29, 1.82) is 0 Å². The maximum absolute atomic E-state index is 12.4. The van der Waals surface area contributed by atoms with Crippen LogP contribution in [0.25, 0.3) is 34.3 Å². The lowest BCUT2D eigenvalue weighted by Crippen LogP contribution is -2.19. The van der Waals surface area contributed by atoms with Gasteiger partial charge in [0.25, 0.3) is 0 Å². The van der Waals surface area contributed by atoms with Crippen LogP contribution in [0.4, 0.5) is 0 Å². The number of H-pyrrole nitrogens is 1. The van der Waals surface area contributed by atoms with Crippen molar-refractivity contribution in [2.75, 3.05) is 7.05 Å². The summed E-state index contributed by atoms with van der Waals surface area (Å²) < 4.78 is 27.1. The van der Waals surface area contributed by atoms with E-state index in [0.29, 0.717) is 21.4 Å². The summed E-state index contributed by atoms with van der Waals surface area (Å²) in [5.41, 5.74) is 3.88. The molecule has 0 aliphatic heterocycles. The number of hydrogen-bond acceptors (Lipinski definition) is 3. The molecule has 4 rings (SSSR count). The van der Waals surface area contributed by atoms with Gasteiger partial charge in [0.1, 0.15) is 5.82 Å². The largest absolute Gasteiger partial charge is 0.338 e. The lowest BCUT2D eigenvalue weighted by atomic mass is 10.1. The van der Waals surface area contributed by atoms with Gasteiger partial charge in [0, 0.05) is 5.56 Å². The van der Waals surface area contributed by atoms with Gasteiger partial charge in [0.05, 0.1) is 26.0 Å². The van der Waals surface area contributed by atoms with Crippen LogP contribution in [0, 0.1) is 0 Å². The van der Waals surface area contributed by atoms with Crippen LogP contribution in [0.1, 0.15) is 11.4 Å². The first-order valence-corrected chi connectivity index (χ1v) is 11.3. The number of rotatable bonds is 5. The molecule has 5 nitrogen and oxygen atoms in total. The van der Waals surface area contributed by atoms with Crippen molar-refractivity contribution in [2.24, 2.45) is 0 Å². The molecular weight excluding hydrogens is 441 g/mol. The molecule has 1 aromatic heterocycles. The van der Waals surface area contributed by atoms with Crippen LogP contribution < -0.4 is 4.72 Å². The molecule has 0 saturated carbocycles. The van der Waals surface area contributed by atoms with Crippen molar-refractivity contribution in [1.82, 2.24) is 14.7 Å². The zero-order valence-corrected chi connectivity index (χ0v) is 18.2. The Morgan fingerprint density at radius 2 is 1.77 bits per heavy atom. The Hall–Kier alpha value is -2.64. The molecule has 152 valence electrons. The monoisotopic (exact) mass is 457 g/mol. The number of imidazole rings is 1. The highest BCUT2D eigenvalue weighted by atomic mass is 35.5. The molecule has 0 aliphatic carbocycles. The van der Waals surface area contributed by atoms with E-state index < -0.39 is 10.0 Å². The molecule has 0 aliphatic rings. The maximum atomic E-state index is 12.4. The van der Waals surface area contributed by atoms with E-state index in [9.17, 15) is 8.42 Å². The third kappa shape index (κ3) is 4.13. The molecule has 4 aromatic rings. The Balaban J connectivity index is 1.70. The average Bonchev–Trinajstić information content (AvgIpc) is 3.16. The second-order valence-corrected chi connectivity index (χ2v) is 9.23. The van der Waals surface area contributed by atoms with Crippen LogP contribution in [0.2, 0.25) is 10.0 Å². The molecule has 8 heteroatoms. The van der Waals surface area contributed by atoms with Gasteiger partial charge in [-0.05, 0) is 54.6 Å². The fraction of sp³-hybridized carbons (Fsp3) is 0.0455. The summed E-state index contributed by atoms with van der Waals surface area (Å²) in [6.45, 7) is 0. The molecule has 0 saturated heterocycles. The molecule has 1 heterocycles. The molecule has 2 N–H and O–H groups in total. The van der Waals surface area contributed by atoms with Crippen molar-refractivity contribution in [3.8, 4) is 11.1 Å². The number of fused-ring (bicyclic) bond motifs is 1. The van der Waals surface area contributed by atoms with Gasteiger partial charge in [-0.15, -0.1) is 0 Å². The van der Waals surface area contributed by atoms with E-state index >= 15 is 0 Å². The van der Waals surface area contributed by atoms with E-state index in [2.05, 4.69) is 14.7 Å². The molecule has 0 radical (unpaired) electrons. The number of nitrogens with zero attached hydrogens (tertiary/aromatic N) is 1. The first kappa shape index (κ1) is 20.6. The molecule has 0 fully saturated rings. The Kier molecular flexibility index (Phi) is 5.66. The van der Waals surface area contributed by atoms with Gasteiger partial charge in [0.2, 0.25) is 10.0 Å². The van der Waals surface area contributed by atoms with Gasteiger partial charge in [-0.3, -0.25) is 0 Å². The third-order valence-electron chi connectivity index (χ3n) is 4.63. The third-order valence-corrected chi connectivity index (χ3v) is 6.85. The van der Waals surface area contributed by atoms with E-state index in [1.54, 1.807) is 30.3 Å². The predicted molar refractivity (Wildman–Crippen MR) is 123 cm³/mol. The molecular formula is C22H17Cl2N3O2S. The highest BCUT2D eigenvalue weighted by molar-refractivity contribution is 7.89. The number of aromatic amines is 1. The van der Waals surface area contributed by atoms with Crippen molar-refractivity contribution >= 4 is 56.4 Å². The fourth-order valence-corrected chi connectivity index (χ4v) is 4.38. The number of nitrogens with one attached hydrogen (secondary N) is 2. The molecule has 0 atom stereocenters. The molecule has 0 amide bonds. The van der Waals surface area contributed by atoms with Crippen LogP contribution in [0.5, 0.6) is 0 Å². The topological polar surface area (TPSA) is 74.8 Å². The zero-order chi connectivity index (χ0) is 21.3. The lowest BCUT2D eigenvalue weighted by molar-refractivity contribution is 0.588. The highest BCUT2D eigenvalue weighted by Gasteiger charge is 2.17. The van der Waals surface area contributed by atoms with E-state index in [-0.39, 0.29) is 4.90 Å². The van der Waals surface area contributed by atoms with Gasteiger partial charge < -0.3 is 4.98 Å². The highest BCUT2D eigenvalue weighted by Crippen LogP contribution is 2.29. The Labute approximate surface area is 184 Å². The van der Waals surface area contributed by atoms with E-state index in [0.717, 1.165) is 22.2 Å². The summed E-state index contributed by atoms with van der Waals surface area (Å²) in [5.74, 6) is 0.671. The molecule has 0 spiro atoms. The summed E-state index contributed by atoms with van der Waals surface area (Å²) in [4.78, 5) is 8.04. The summed E-state index contributed by atoms with van der Waals surface area (Å²) in [5, 5.41) is 0.994. The standard InChI is InChI=1S/C22H17Cl2N3O2S/c1-25-30(28,29)21-5-3-2-4-16(21)15-8-10-19-20(13-15)27-22(26-19)11-7-14-6-9-17(23)18(24)12-14/h2-13,25H,1H3,(H,26,27)/b11-7+. The van der Waals surface area contributed by atoms with E-state index in [1.807, 2.05) is 42.5 Å². The Morgan fingerprint density at radius 1 is 0.967 bits per heavy atom. The maximum Gasteiger partial charge on any atom is 0.240 e. The summed E-state index contributed by atoms with van der Waals surface area (Å²) >= 11 is 12.0. The van der Waals surface area contributed by atoms with Crippen molar-refractivity contribution in [2.45, 2.75) is 4.90 Å². The second-order valence-electron chi connectivity index (χ2n) is 6.56. The molecule has 0 unspecified atom stereocenters. The van der Waals surface area contributed by atoms with Crippen LogP contribution in [0.3, 0.4) is 0 Å². The number of sulfonamides is 1. The molecule has 30 heavy (non-hydrogen) atoms. The fourth-order valence-electron chi connectivity index (χ4n) is 3.12. The SMILES string of the molecule is CNS(=O)(=O)c1ccccc1-c1ccc2nc(/C=C/c3ccc(Cl)c(Cl)c3)[nH]c2c1. The lowest BCUT2D eigenvalue weighted by Gasteiger charge is -2.09. The normalized spacial score (nSPS) is 12.1. The first-order chi connectivity index (χ1) is 14.4. The average molecular weight is 458 g/mol.